The van der Waals surface area contributed by atoms with Crippen molar-refractivity contribution in [2.75, 3.05) is 0 Å². The van der Waals surface area contributed by atoms with Crippen LogP contribution in [0.25, 0.3) is 0 Å². The molecule has 0 atom stereocenters. The van der Waals surface area contributed by atoms with Gasteiger partial charge in [0.1, 0.15) is 5.82 Å². The van der Waals surface area contributed by atoms with Crippen LogP contribution in [0.15, 0.2) is 5.16 Å². The number of thioether (sulfide) groups is 1. The van der Waals surface area contributed by atoms with E-state index in [4.69, 9.17) is 5.73 Å². The molecule has 7 heteroatoms. The van der Waals surface area contributed by atoms with Crippen molar-refractivity contribution in [3.63, 3.8) is 0 Å². The topological polar surface area (TPSA) is 56.7 Å². The van der Waals surface area contributed by atoms with Crippen molar-refractivity contribution in [2.45, 2.75) is 17.5 Å². The Morgan fingerprint density at radius 3 is 2.67 bits per heavy atom. The van der Waals surface area contributed by atoms with E-state index < -0.39 is 5.76 Å². The van der Waals surface area contributed by atoms with Gasteiger partial charge >= 0.3 is 0 Å². The summed E-state index contributed by atoms with van der Waals surface area (Å²) in [6, 6.07) is 0. The summed E-state index contributed by atoms with van der Waals surface area (Å²) in [5.74, 6) is -1.98. The molecule has 0 saturated carbocycles. The maximum atomic E-state index is 11.9. The van der Waals surface area contributed by atoms with Crippen molar-refractivity contribution in [1.29, 1.82) is 0 Å². The smallest absolute Gasteiger partial charge is 0.291 e. The van der Waals surface area contributed by atoms with Crippen molar-refractivity contribution in [1.82, 2.24) is 14.8 Å². The maximum absolute atomic E-state index is 11.9. The minimum Gasteiger partial charge on any atom is -0.324 e. The summed E-state index contributed by atoms with van der Waals surface area (Å²) in [5.41, 5.74) is 5.27. The van der Waals surface area contributed by atoms with Gasteiger partial charge in [-0.15, -0.1) is 10.2 Å². The molecular weight excluding hydrogens is 186 g/mol. The maximum Gasteiger partial charge on any atom is 0.291 e. The zero-order valence-corrected chi connectivity index (χ0v) is 7.18. The summed E-state index contributed by atoms with van der Waals surface area (Å²) in [5, 5.41) is 7.35. The SMILES string of the molecule is Cn1c(CN)nnc1SC(F)F. The third-order valence-electron chi connectivity index (χ3n) is 1.30. The van der Waals surface area contributed by atoms with Gasteiger partial charge in [0.25, 0.3) is 5.76 Å². The quantitative estimate of drug-likeness (QED) is 0.715. The highest BCUT2D eigenvalue weighted by Crippen LogP contribution is 2.22. The fourth-order valence-corrected chi connectivity index (χ4v) is 1.22. The lowest BCUT2D eigenvalue weighted by Crippen LogP contribution is -2.05. The Morgan fingerprint density at radius 1 is 1.58 bits per heavy atom. The average Bonchev–Trinajstić information content (AvgIpc) is 2.32. The van der Waals surface area contributed by atoms with Crippen LogP contribution in [-0.2, 0) is 13.6 Å². The van der Waals surface area contributed by atoms with Gasteiger partial charge in [0.2, 0.25) is 0 Å². The lowest BCUT2D eigenvalue weighted by atomic mass is 10.6. The van der Waals surface area contributed by atoms with Crippen LogP contribution < -0.4 is 5.73 Å². The summed E-state index contributed by atoms with van der Waals surface area (Å²) >= 11 is 0.362. The van der Waals surface area contributed by atoms with Gasteiger partial charge in [-0.2, -0.15) is 8.78 Å². The first-order valence-electron chi connectivity index (χ1n) is 3.18. The number of nitrogens with two attached hydrogens (primary N) is 1. The van der Waals surface area contributed by atoms with E-state index in [0.717, 1.165) is 0 Å². The van der Waals surface area contributed by atoms with Crippen LogP contribution in [0.2, 0.25) is 0 Å². The Labute approximate surface area is 72.1 Å². The standard InChI is InChI=1S/C5H8F2N4S/c1-11-3(2-8)9-10-5(11)12-4(6)7/h4H,2,8H2,1H3. The van der Waals surface area contributed by atoms with Crippen molar-refractivity contribution in [3.05, 3.63) is 5.82 Å². The van der Waals surface area contributed by atoms with Crippen LogP contribution in [0.5, 0.6) is 0 Å². The minimum atomic E-state index is -2.47. The summed E-state index contributed by atoms with van der Waals surface area (Å²) in [6.45, 7) is 0.202. The van der Waals surface area contributed by atoms with E-state index in [0.29, 0.717) is 17.6 Å². The molecule has 0 aromatic carbocycles. The number of rotatable bonds is 3. The number of hydrogen-bond acceptors (Lipinski definition) is 4. The molecule has 1 aromatic heterocycles. The largest absolute Gasteiger partial charge is 0.324 e. The molecule has 68 valence electrons. The number of aromatic nitrogens is 3. The molecule has 12 heavy (non-hydrogen) atoms. The first-order valence-corrected chi connectivity index (χ1v) is 4.06. The van der Waals surface area contributed by atoms with E-state index in [9.17, 15) is 8.78 Å². The first kappa shape index (κ1) is 9.40. The van der Waals surface area contributed by atoms with Crippen molar-refractivity contribution in [2.24, 2.45) is 12.8 Å². The van der Waals surface area contributed by atoms with Crippen LogP contribution in [0.1, 0.15) is 5.82 Å². The Hall–Kier alpha value is -0.690. The predicted octanol–water partition coefficient (Wildman–Crippen LogP) is 0.588. The number of halogens is 2. The van der Waals surface area contributed by atoms with Crippen molar-refractivity contribution in [3.8, 4) is 0 Å². The molecular formula is C5H8F2N4S. The fraction of sp³-hybridized carbons (Fsp3) is 0.600. The molecule has 0 spiro atoms. The van der Waals surface area contributed by atoms with Crippen molar-refractivity contribution >= 4 is 11.8 Å². The van der Waals surface area contributed by atoms with Crippen LogP contribution in [-0.4, -0.2) is 20.5 Å². The van der Waals surface area contributed by atoms with E-state index in [-0.39, 0.29) is 11.7 Å². The predicted molar refractivity (Wildman–Crippen MR) is 40.8 cm³/mol. The average molecular weight is 194 g/mol. The molecule has 0 aliphatic heterocycles. The van der Waals surface area contributed by atoms with E-state index in [1.807, 2.05) is 0 Å². The summed E-state index contributed by atoms with van der Waals surface area (Å²) in [7, 11) is 1.60. The van der Waals surface area contributed by atoms with Gasteiger partial charge in [-0.05, 0) is 11.8 Å². The molecule has 4 nitrogen and oxygen atoms in total. The molecule has 1 heterocycles. The highest BCUT2D eigenvalue weighted by atomic mass is 32.2. The molecule has 0 aliphatic rings. The van der Waals surface area contributed by atoms with Gasteiger partial charge in [0.05, 0.1) is 6.54 Å². The van der Waals surface area contributed by atoms with Crippen molar-refractivity contribution < 1.29 is 8.78 Å². The van der Waals surface area contributed by atoms with E-state index in [1.165, 1.54) is 4.57 Å². The second-order valence-corrected chi connectivity index (χ2v) is 3.00. The van der Waals surface area contributed by atoms with Gasteiger partial charge < -0.3 is 10.3 Å². The second-order valence-electron chi connectivity index (χ2n) is 2.04. The monoisotopic (exact) mass is 194 g/mol. The summed E-state index contributed by atoms with van der Waals surface area (Å²) in [4.78, 5) is 0. The van der Waals surface area contributed by atoms with E-state index in [2.05, 4.69) is 10.2 Å². The zero-order chi connectivity index (χ0) is 9.14. The summed E-state index contributed by atoms with van der Waals surface area (Å²) < 4.78 is 25.2. The van der Waals surface area contributed by atoms with Gasteiger partial charge in [-0.3, -0.25) is 0 Å². The lowest BCUT2D eigenvalue weighted by Gasteiger charge is -1.99. The molecule has 0 saturated heterocycles. The van der Waals surface area contributed by atoms with E-state index >= 15 is 0 Å². The fourth-order valence-electron chi connectivity index (χ4n) is 0.705. The number of nitrogens with zero attached hydrogens (tertiary/aromatic N) is 3. The second kappa shape index (κ2) is 3.81. The molecule has 0 amide bonds. The zero-order valence-electron chi connectivity index (χ0n) is 6.37. The van der Waals surface area contributed by atoms with Gasteiger partial charge in [0, 0.05) is 7.05 Å². The third kappa shape index (κ3) is 1.92. The third-order valence-corrected chi connectivity index (χ3v) is 2.05. The number of hydrogen-bond donors (Lipinski definition) is 1. The van der Waals surface area contributed by atoms with Gasteiger partial charge in [-0.25, -0.2) is 0 Å². The van der Waals surface area contributed by atoms with Gasteiger partial charge in [-0.1, -0.05) is 0 Å². The molecule has 1 aromatic rings. The Balaban J connectivity index is 2.80. The Bertz CT molecular complexity index is 262. The molecule has 0 radical (unpaired) electrons. The van der Waals surface area contributed by atoms with Gasteiger partial charge in [0.15, 0.2) is 5.16 Å². The minimum absolute atomic E-state index is 0.186. The molecule has 2 N–H and O–H groups in total. The Morgan fingerprint density at radius 2 is 2.25 bits per heavy atom. The summed E-state index contributed by atoms with van der Waals surface area (Å²) in [6.07, 6.45) is 0. The van der Waals surface area contributed by atoms with E-state index in [1.54, 1.807) is 7.05 Å². The van der Waals surface area contributed by atoms with Crippen LogP contribution >= 0.6 is 11.8 Å². The first-order chi connectivity index (χ1) is 5.65. The number of alkyl halides is 2. The Kier molecular flexibility index (Phi) is 2.99. The van der Waals surface area contributed by atoms with Crippen LogP contribution in [0.3, 0.4) is 0 Å². The molecule has 1 rings (SSSR count). The normalized spacial score (nSPS) is 11.1. The highest BCUT2D eigenvalue weighted by Gasteiger charge is 2.12. The van der Waals surface area contributed by atoms with Crippen LogP contribution in [0, 0.1) is 0 Å². The molecule has 0 aliphatic carbocycles. The molecule has 0 unspecified atom stereocenters. The lowest BCUT2D eigenvalue weighted by molar-refractivity contribution is 0.251. The highest BCUT2D eigenvalue weighted by molar-refractivity contribution is 7.99. The van der Waals surface area contributed by atoms with Crippen LogP contribution in [0.4, 0.5) is 8.78 Å². The molecule has 0 bridgehead atoms. The molecule has 0 fully saturated rings.